The van der Waals surface area contributed by atoms with E-state index in [-0.39, 0.29) is 36.0 Å². The zero-order valence-corrected chi connectivity index (χ0v) is 15.7. The highest BCUT2D eigenvalue weighted by atomic mass is 16.2. The van der Waals surface area contributed by atoms with Crippen LogP contribution in [0.4, 0.5) is 10.5 Å². The Kier molecular flexibility index (Phi) is 3.61. The lowest BCUT2D eigenvalue weighted by molar-refractivity contribution is -0.134. The van der Waals surface area contributed by atoms with E-state index in [0.717, 1.165) is 25.7 Å². The van der Waals surface area contributed by atoms with Gasteiger partial charge in [-0.05, 0) is 38.5 Å². The van der Waals surface area contributed by atoms with Crippen LogP contribution in [0, 0.1) is 5.92 Å². The summed E-state index contributed by atoms with van der Waals surface area (Å²) in [5.41, 5.74) is 0.712. The molecule has 8 heteroatoms. The van der Waals surface area contributed by atoms with Crippen LogP contribution in [0.2, 0.25) is 0 Å². The molecule has 5 rings (SSSR count). The van der Waals surface area contributed by atoms with Crippen LogP contribution in [-0.2, 0) is 16.6 Å². The van der Waals surface area contributed by atoms with E-state index in [9.17, 15) is 14.4 Å². The molecule has 4 heterocycles. The van der Waals surface area contributed by atoms with Gasteiger partial charge in [-0.25, -0.2) is 9.69 Å². The number of aromatic nitrogens is 2. The Morgan fingerprint density at radius 2 is 1.74 bits per heavy atom. The molecule has 1 aromatic rings. The van der Waals surface area contributed by atoms with Crippen LogP contribution in [0.3, 0.4) is 0 Å². The maximum atomic E-state index is 13.2. The molecule has 5 atom stereocenters. The smallest absolute Gasteiger partial charge is 0.309 e. The van der Waals surface area contributed by atoms with Gasteiger partial charge < -0.3 is 9.80 Å². The number of urea groups is 1. The number of aryl methyl sites for hydroxylation is 1. The first-order valence-corrected chi connectivity index (χ1v) is 9.94. The standard InChI is InChI=1S/C19H25N5O3/c1-11-7-15(17(25)22(11)13-9-20-21(2)10-13)24-18(26)16-8-12-5-3-4-6-14(12)23(16)19(24)27/h9-12,14-16H,3-8H2,1-2H3. The lowest BCUT2D eigenvalue weighted by atomic mass is 9.84. The summed E-state index contributed by atoms with van der Waals surface area (Å²) in [5, 5.41) is 4.14. The van der Waals surface area contributed by atoms with Gasteiger partial charge >= 0.3 is 6.03 Å². The average Bonchev–Trinajstić information content (AvgIpc) is 3.35. The van der Waals surface area contributed by atoms with Crippen molar-refractivity contribution >= 4 is 23.5 Å². The van der Waals surface area contributed by atoms with E-state index in [0.29, 0.717) is 18.0 Å². The number of nitrogens with zero attached hydrogens (tertiary/aromatic N) is 5. The molecule has 4 fully saturated rings. The van der Waals surface area contributed by atoms with E-state index in [4.69, 9.17) is 0 Å². The molecule has 5 unspecified atom stereocenters. The first-order chi connectivity index (χ1) is 13.0. The molecule has 27 heavy (non-hydrogen) atoms. The third-order valence-electron chi connectivity index (χ3n) is 6.85. The molecular weight excluding hydrogens is 346 g/mol. The second-order valence-corrected chi connectivity index (χ2v) is 8.44. The largest absolute Gasteiger partial charge is 0.328 e. The average molecular weight is 371 g/mol. The number of rotatable bonds is 2. The van der Waals surface area contributed by atoms with Gasteiger partial charge in [0.1, 0.15) is 12.1 Å². The summed E-state index contributed by atoms with van der Waals surface area (Å²) in [4.78, 5) is 44.2. The van der Waals surface area contributed by atoms with Crippen LogP contribution in [0.15, 0.2) is 12.4 Å². The van der Waals surface area contributed by atoms with Crippen LogP contribution < -0.4 is 4.90 Å². The van der Waals surface area contributed by atoms with Crippen molar-refractivity contribution in [3.05, 3.63) is 12.4 Å². The SMILES string of the molecule is CC1CC(N2C(=O)C3CC4CCCCC4N3C2=O)C(=O)N1c1cnn(C)c1. The highest BCUT2D eigenvalue weighted by molar-refractivity contribution is 6.11. The molecule has 4 amide bonds. The van der Waals surface area contributed by atoms with E-state index < -0.39 is 6.04 Å². The van der Waals surface area contributed by atoms with Gasteiger partial charge in [0, 0.05) is 25.3 Å². The third kappa shape index (κ3) is 2.28. The summed E-state index contributed by atoms with van der Waals surface area (Å²) >= 11 is 0. The number of amides is 4. The molecule has 8 nitrogen and oxygen atoms in total. The normalized spacial score (nSPS) is 36.0. The summed E-state index contributed by atoms with van der Waals surface area (Å²) in [6.07, 6.45) is 9.04. The number of imide groups is 1. The molecule has 0 aromatic carbocycles. The minimum atomic E-state index is -0.701. The van der Waals surface area contributed by atoms with E-state index in [1.165, 1.54) is 11.3 Å². The molecule has 1 saturated carbocycles. The van der Waals surface area contributed by atoms with Crippen LogP contribution in [-0.4, -0.2) is 61.6 Å². The zero-order chi connectivity index (χ0) is 18.9. The van der Waals surface area contributed by atoms with Crippen LogP contribution in [0.25, 0.3) is 0 Å². The quantitative estimate of drug-likeness (QED) is 0.738. The van der Waals surface area contributed by atoms with Crippen molar-refractivity contribution < 1.29 is 14.4 Å². The summed E-state index contributed by atoms with van der Waals surface area (Å²) in [6.45, 7) is 1.95. The second-order valence-electron chi connectivity index (χ2n) is 8.44. The van der Waals surface area contributed by atoms with Crippen molar-refractivity contribution in [2.45, 2.75) is 69.6 Å². The molecule has 0 bridgehead atoms. The fourth-order valence-electron chi connectivity index (χ4n) is 5.66. The Balaban J connectivity index is 1.42. The van der Waals surface area contributed by atoms with Gasteiger partial charge in [-0.2, -0.15) is 5.10 Å². The fraction of sp³-hybridized carbons (Fsp3) is 0.684. The van der Waals surface area contributed by atoms with E-state index in [1.54, 1.807) is 33.9 Å². The Morgan fingerprint density at radius 1 is 1.00 bits per heavy atom. The van der Waals surface area contributed by atoms with Gasteiger partial charge in [-0.15, -0.1) is 0 Å². The van der Waals surface area contributed by atoms with Crippen molar-refractivity contribution in [3.63, 3.8) is 0 Å². The van der Waals surface area contributed by atoms with Crippen molar-refractivity contribution in [1.82, 2.24) is 19.6 Å². The van der Waals surface area contributed by atoms with E-state index in [1.807, 2.05) is 6.92 Å². The number of hydrogen-bond acceptors (Lipinski definition) is 4. The number of carbonyl (C=O) groups excluding carboxylic acids is 3. The van der Waals surface area contributed by atoms with Gasteiger partial charge in [0.25, 0.3) is 11.8 Å². The van der Waals surface area contributed by atoms with E-state index >= 15 is 0 Å². The van der Waals surface area contributed by atoms with Crippen molar-refractivity contribution in [3.8, 4) is 0 Å². The van der Waals surface area contributed by atoms with Crippen molar-refractivity contribution in [2.75, 3.05) is 4.90 Å². The van der Waals surface area contributed by atoms with Crippen molar-refractivity contribution in [2.24, 2.45) is 13.0 Å². The Bertz CT molecular complexity index is 820. The fourth-order valence-corrected chi connectivity index (χ4v) is 5.66. The molecule has 4 aliphatic rings. The second kappa shape index (κ2) is 5.81. The van der Waals surface area contributed by atoms with Crippen LogP contribution >= 0.6 is 0 Å². The third-order valence-corrected chi connectivity index (χ3v) is 6.85. The number of carbonyl (C=O) groups is 3. The zero-order valence-electron chi connectivity index (χ0n) is 15.7. The minimum absolute atomic E-state index is 0.0785. The summed E-state index contributed by atoms with van der Waals surface area (Å²) in [6, 6.07) is -1.22. The van der Waals surface area contributed by atoms with Crippen LogP contribution in [0.5, 0.6) is 0 Å². The number of fused-ring (bicyclic) bond motifs is 3. The maximum Gasteiger partial charge on any atom is 0.328 e. The predicted molar refractivity (Wildman–Crippen MR) is 96.8 cm³/mol. The van der Waals surface area contributed by atoms with Crippen LogP contribution in [0.1, 0.15) is 45.4 Å². The molecule has 0 spiro atoms. The van der Waals surface area contributed by atoms with Gasteiger partial charge in [0.2, 0.25) is 0 Å². The maximum absolute atomic E-state index is 13.2. The first-order valence-electron chi connectivity index (χ1n) is 9.94. The predicted octanol–water partition coefficient (Wildman–Crippen LogP) is 1.51. The highest BCUT2D eigenvalue weighted by Crippen LogP contribution is 2.44. The molecule has 1 aromatic heterocycles. The van der Waals surface area contributed by atoms with E-state index in [2.05, 4.69) is 5.10 Å². The summed E-state index contributed by atoms with van der Waals surface area (Å²) in [5.74, 6) is 0.0930. The summed E-state index contributed by atoms with van der Waals surface area (Å²) < 4.78 is 1.65. The minimum Gasteiger partial charge on any atom is -0.309 e. The number of hydrogen-bond donors (Lipinski definition) is 0. The summed E-state index contributed by atoms with van der Waals surface area (Å²) in [7, 11) is 1.80. The molecule has 3 aliphatic heterocycles. The number of anilines is 1. The lowest BCUT2D eigenvalue weighted by Gasteiger charge is -2.31. The van der Waals surface area contributed by atoms with Gasteiger partial charge in [-0.1, -0.05) is 12.8 Å². The Hall–Kier alpha value is -2.38. The monoisotopic (exact) mass is 371 g/mol. The lowest BCUT2D eigenvalue weighted by Crippen LogP contribution is -2.48. The molecular formula is C19H25N5O3. The molecule has 144 valence electrons. The van der Waals surface area contributed by atoms with Crippen molar-refractivity contribution in [1.29, 1.82) is 0 Å². The van der Waals surface area contributed by atoms with Gasteiger partial charge in [-0.3, -0.25) is 14.3 Å². The Morgan fingerprint density at radius 3 is 2.48 bits per heavy atom. The topological polar surface area (TPSA) is 78.8 Å². The highest BCUT2D eigenvalue weighted by Gasteiger charge is 2.59. The van der Waals surface area contributed by atoms with Gasteiger partial charge in [0.15, 0.2) is 0 Å². The molecule has 1 aliphatic carbocycles. The Labute approximate surface area is 158 Å². The molecule has 0 radical (unpaired) electrons. The molecule has 0 N–H and O–H groups in total. The first kappa shape index (κ1) is 16.8. The molecule has 3 saturated heterocycles. The van der Waals surface area contributed by atoms with Gasteiger partial charge in [0.05, 0.1) is 11.9 Å².